The second-order valence-electron chi connectivity index (χ2n) is 4.93. The van der Waals surface area contributed by atoms with Crippen LogP contribution in [-0.4, -0.2) is 29.1 Å². The van der Waals surface area contributed by atoms with Gasteiger partial charge in [-0.05, 0) is 36.8 Å². The van der Waals surface area contributed by atoms with Crippen molar-refractivity contribution in [3.8, 4) is 11.8 Å². The average molecular weight is 258 g/mol. The summed E-state index contributed by atoms with van der Waals surface area (Å²) in [5.74, 6) is 5.14. The first kappa shape index (κ1) is 13.6. The number of nitrogens with zero attached hydrogens (tertiary/aromatic N) is 1. The molecule has 4 heteroatoms. The summed E-state index contributed by atoms with van der Waals surface area (Å²) in [5.41, 5.74) is 1.43. The zero-order valence-corrected chi connectivity index (χ0v) is 11.1. The number of aliphatic hydroxyl groups is 1. The Kier molecular flexibility index (Phi) is 4.18. The van der Waals surface area contributed by atoms with Crippen LogP contribution in [0.4, 0.5) is 0 Å². The van der Waals surface area contributed by atoms with Crippen molar-refractivity contribution in [2.75, 3.05) is 13.2 Å². The summed E-state index contributed by atoms with van der Waals surface area (Å²) < 4.78 is 0. The molecular weight excluding hydrogens is 240 g/mol. The maximum atomic E-state index is 11.9. The quantitative estimate of drug-likeness (QED) is 0.801. The molecule has 0 aliphatic heterocycles. The van der Waals surface area contributed by atoms with Crippen LogP contribution in [0.15, 0.2) is 18.3 Å². The minimum atomic E-state index is -0.179. The lowest BCUT2D eigenvalue weighted by Gasteiger charge is -2.12. The molecule has 0 aromatic carbocycles. The molecule has 0 unspecified atom stereocenters. The van der Waals surface area contributed by atoms with Gasteiger partial charge in [-0.3, -0.25) is 4.79 Å². The highest BCUT2D eigenvalue weighted by molar-refractivity contribution is 5.92. The van der Waals surface area contributed by atoms with Gasteiger partial charge in [0, 0.05) is 18.3 Å². The Morgan fingerprint density at radius 2 is 2.32 bits per heavy atom. The number of pyridine rings is 1. The lowest BCUT2D eigenvalue weighted by molar-refractivity contribution is 0.0939. The van der Waals surface area contributed by atoms with Gasteiger partial charge in [0.15, 0.2) is 0 Å². The van der Waals surface area contributed by atoms with Gasteiger partial charge < -0.3 is 10.4 Å². The average Bonchev–Trinajstić information content (AvgIpc) is 3.24. The number of carbonyl (C=O) groups excluding carboxylic acids is 1. The van der Waals surface area contributed by atoms with E-state index in [0.29, 0.717) is 16.7 Å². The Morgan fingerprint density at radius 3 is 2.84 bits per heavy atom. The normalized spacial score (nSPS) is 15.3. The molecule has 0 spiro atoms. The standard InChI is InChI=1S/C15H18N2O2/c1-2-15(7-8-15)11-17-14(19)13-6-5-12(10-16-13)4-3-9-18/h5-6,10,18H,2,7-9,11H2,1H3,(H,17,19). The Bertz CT molecular complexity index is 507. The highest BCUT2D eigenvalue weighted by Crippen LogP contribution is 2.47. The first-order valence-corrected chi connectivity index (χ1v) is 6.53. The van der Waals surface area contributed by atoms with Crippen LogP contribution in [0.2, 0.25) is 0 Å². The van der Waals surface area contributed by atoms with Crippen LogP contribution in [0.1, 0.15) is 42.2 Å². The van der Waals surface area contributed by atoms with Crippen molar-refractivity contribution in [2.45, 2.75) is 26.2 Å². The highest BCUT2D eigenvalue weighted by Gasteiger charge is 2.40. The van der Waals surface area contributed by atoms with Crippen molar-refractivity contribution in [3.63, 3.8) is 0 Å². The van der Waals surface area contributed by atoms with E-state index in [1.165, 1.54) is 12.8 Å². The molecule has 0 saturated heterocycles. The van der Waals surface area contributed by atoms with E-state index < -0.39 is 0 Å². The Balaban J connectivity index is 1.92. The number of hydrogen-bond acceptors (Lipinski definition) is 3. The smallest absolute Gasteiger partial charge is 0.269 e. The molecule has 2 rings (SSSR count). The Labute approximate surface area is 113 Å². The third kappa shape index (κ3) is 3.55. The van der Waals surface area contributed by atoms with E-state index in [0.717, 1.165) is 13.0 Å². The molecule has 1 aromatic rings. The zero-order chi connectivity index (χ0) is 13.7. The van der Waals surface area contributed by atoms with E-state index in [-0.39, 0.29) is 12.5 Å². The molecule has 1 saturated carbocycles. The van der Waals surface area contributed by atoms with E-state index >= 15 is 0 Å². The molecule has 0 bridgehead atoms. The van der Waals surface area contributed by atoms with Gasteiger partial charge >= 0.3 is 0 Å². The summed E-state index contributed by atoms with van der Waals surface area (Å²) in [7, 11) is 0. The number of hydrogen-bond donors (Lipinski definition) is 2. The number of carbonyl (C=O) groups is 1. The monoisotopic (exact) mass is 258 g/mol. The van der Waals surface area contributed by atoms with Gasteiger partial charge in [-0.15, -0.1) is 0 Å². The maximum Gasteiger partial charge on any atom is 0.269 e. The van der Waals surface area contributed by atoms with Crippen LogP contribution in [0.25, 0.3) is 0 Å². The summed E-state index contributed by atoms with van der Waals surface area (Å²) in [5, 5.41) is 11.5. The Morgan fingerprint density at radius 1 is 1.53 bits per heavy atom. The van der Waals surface area contributed by atoms with Crippen molar-refractivity contribution >= 4 is 5.91 Å². The zero-order valence-electron chi connectivity index (χ0n) is 11.1. The molecule has 1 aromatic heterocycles. The molecule has 19 heavy (non-hydrogen) atoms. The molecule has 1 fully saturated rings. The number of nitrogens with one attached hydrogen (secondary N) is 1. The second-order valence-corrected chi connectivity index (χ2v) is 4.93. The maximum absolute atomic E-state index is 11.9. The molecule has 1 aliphatic rings. The van der Waals surface area contributed by atoms with Crippen molar-refractivity contribution in [2.24, 2.45) is 5.41 Å². The van der Waals surface area contributed by atoms with Gasteiger partial charge in [0.25, 0.3) is 5.91 Å². The van der Waals surface area contributed by atoms with Crippen molar-refractivity contribution < 1.29 is 9.90 Å². The van der Waals surface area contributed by atoms with E-state index in [2.05, 4.69) is 29.1 Å². The summed E-state index contributed by atoms with van der Waals surface area (Å²) in [4.78, 5) is 16.0. The van der Waals surface area contributed by atoms with Gasteiger partial charge in [-0.1, -0.05) is 18.8 Å². The molecule has 1 amide bonds. The fraction of sp³-hybridized carbons (Fsp3) is 0.467. The van der Waals surface area contributed by atoms with Crippen LogP contribution in [0.5, 0.6) is 0 Å². The van der Waals surface area contributed by atoms with Gasteiger partial charge in [0.05, 0.1) is 0 Å². The van der Waals surface area contributed by atoms with E-state index in [1.54, 1.807) is 18.3 Å². The molecule has 0 radical (unpaired) electrons. The third-order valence-corrected chi connectivity index (χ3v) is 3.64. The second kappa shape index (κ2) is 5.85. The largest absolute Gasteiger partial charge is 0.384 e. The number of rotatable bonds is 4. The van der Waals surface area contributed by atoms with Gasteiger partial charge in [0.2, 0.25) is 0 Å². The molecule has 1 aliphatic carbocycles. The van der Waals surface area contributed by atoms with Gasteiger partial charge in [-0.25, -0.2) is 4.98 Å². The molecular formula is C15H18N2O2. The molecule has 100 valence electrons. The Hall–Kier alpha value is -1.86. The summed E-state index contributed by atoms with van der Waals surface area (Å²) in [6.07, 6.45) is 5.06. The van der Waals surface area contributed by atoms with Crippen LogP contribution >= 0.6 is 0 Å². The van der Waals surface area contributed by atoms with Crippen molar-refractivity contribution in [3.05, 3.63) is 29.6 Å². The summed E-state index contributed by atoms with van der Waals surface area (Å²) in [6.45, 7) is 2.71. The predicted molar refractivity (Wildman–Crippen MR) is 72.5 cm³/mol. The first-order valence-electron chi connectivity index (χ1n) is 6.53. The number of aromatic nitrogens is 1. The fourth-order valence-electron chi connectivity index (χ4n) is 1.93. The van der Waals surface area contributed by atoms with Gasteiger partial charge in [0.1, 0.15) is 12.3 Å². The number of amides is 1. The van der Waals surface area contributed by atoms with Crippen molar-refractivity contribution in [1.82, 2.24) is 10.3 Å². The molecule has 4 nitrogen and oxygen atoms in total. The predicted octanol–water partition coefficient (Wildman–Crippen LogP) is 1.35. The van der Waals surface area contributed by atoms with Crippen LogP contribution in [0, 0.1) is 17.3 Å². The van der Waals surface area contributed by atoms with Gasteiger partial charge in [-0.2, -0.15) is 0 Å². The topological polar surface area (TPSA) is 62.2 Å². The van der Waals surface area contributed by atoms with Crippen LogP contribution in [0.3, 0.4) is 0 Å². The molecule has 2 N–H and O–H groups in total. The third-order valence-electron chi connectivity index (χ3n) is 3.64. The minimum Gasteiger partial charge on any atom is -0.384 e. The fourth-order valence-corrected chi connectivity index (χ4v) is 1.93. The van der Waals surface area contributed by atoms with E-state index in [1.807, 2.05) is 0 Å². The molecule has 0 atom stereocenters. The van der Waals surface area contributed by atoms with E-state index in [4.69, 9.17) is 5.11 Å². The lowest BCUT2D eigenvalue weighted by atomic mass is 10.0. The van der Waals surface area contributed by atoms with Crippen molar-refractivity contribution in [1.29, 1.82) is 0 Å². The highest BCUT2D eigenvalue weighted by atomic mass is 16.2. The van der Waals surface area contributed by atoms with Crippen LogP contribution < -0.4 is 5.32 Å². The lowest BCUT2D eigenvalue weighted by Crippen LogP contribution is -2.30. The summed E-state index contributed by atoms with van der Waals surface area (Å²) >= 11 is 0. The minimum absolute atomic E-state index is 0.138. The van der Waals surface area contributed by atoms with E-state index in [9.17, 15) is 4.79 Å². The number of aliphatic hydroxyl groups excluding tert-OH is 1. The molecule has 1 heterocycles. The summed E-state index contributed by atoms with van der Waals surface area (Å²) in [6, 6.07) is 3.39. The first-order chi connectivity index (χ1) is 9.19. The SMILES string of the molecule is CCC1(CNC(=O)c2ccc(C#CCO)cn2)CC1. The van der Waals surface area contributed by atoms with Crippen LogP contribution in [-0.2, 0) is 0 Å².